The Balaban J connectivity index is 3.19. The maximum Gasteiger partial charge on any atom is 0.0393 e. The summed E-state index contributed by atoms with van der Waals surface area (Å²) in [5.74, 6) is 0. The summed E-state index contributed by atoms with van der Waals surface area (Å²) in [5, 5.41) is 0. The van der Waals surface area contributed by atoms with E-state index in [-0.39, 0.29) is 0 Å². The Hall–Kier alpha value is -1.24. The summed E-state index contributed by atoms with van der Waals surface area (Å²) >= 11 is 0. The van der Waals surface area contributed by atoms with E-state index in [4.69, 9.17) is 0 Å². The fraction of sp³-hybridized carbons (Fsp3) is 0.429. The first-order valence-electron chi connectivity index (χ1n) is 5.50. The minimum atomic E-state index is 1.14. The molecular formula is C14H21N. The SMILES string of the molecule is C=CC1=C(C)CCC(C)=C(/C=C\C)N1C. The first kappa shape index (κ1) is 11.8. The molecule has 0 amide bonds. The topological polar surface area (TPSA) is 3.24 Å². The molecule has 1 rings (SSSR count). The Morgan fingerprint density at radius 1 is 1.13 bits per heavy atom. The van der Waals surface area contributed by atoms with Crippen molar-refractivity contribution in [2.45, 2.75) is 33.6 Å². The van der Waals surface area contributed by atoms with Gasteiger partial charge in [-0.25, -0.2) is 0 Å². The summed E-state index contributed by atoms with van der Waals surface area (Å²) in [5.41, 5.74) is 5.43. The molecule has 0 saturated carbocycles. The maximum absolute atomic E-state index is 3.90. The molecule has 1 aliphatic heterocycles. The van der Waals surface area contributed by atoms with E-state index in [2.05, 4.69) is 51.4 Å². The molecule has 0 N–H and O–H groups in total. The molecule has 1 aliphatic rings. The van der Waals surface area contributed by atoms with E-state index in [0.29, 0.717) is 0 Å². The molecule has 1 heterocycles. The summed E-state index contributed by atoms with van der Waals surface area (Å²) in [6, 6.07) is 0. The highest BCUT2D eigenvalue weighted by atomic mass is 15.1. The third-order valence-electron chi connectivity index (χ3n) is 2.99. The summed E-state index contributed by atoms with van der Waals surface area (Å²) in [6.45, 7) is 10.4. The zero-order valence-corrected chi connectivity index (χ0v) is 10.3. The predicted molar refractivity (Wildman–Crippen MR) is 67.4 cm³/mol. The molecule has 0 spiro atoms. The van der Waals surface area contributed by atoms with E-state index in [9.17, 15) is 0 Å². The smallest absolute Gasteiger partial charge is 0.0393 e. The van der Waals surface area contributed by atoms with Crippen LogP contribution in [0.4, 0.5) is 0 Å². The van der Waals surface area contributed by atoms with Crippen molar-refractivity contribution >= 4 is 0 Å². The second-order valence-corrected chi connectivity index (χ2v) is 4.09. The molecule has 0 unspecified atom stereocenters. The van der Waals surface area contributed by atoms with Crippen molar-refractivity contribution < 1.29 is 0 Å². The molecule has 0 aliphatic carbocycles. The zero-order valence-electron chi connectivity index (χ0n) is 10.3. The second kappa shape index (κ2) is 5.01. The van der Waals surface area contributed by atoms with E-state index in [1.807, 2.05) is 6.08 Å². The van der Waals surface area contributed by atoms with Crippen molar-refractivity contribution in [1.29, 1.82) is 0 Å². The highest BCUT2D eigenvalue weighted by Crippen LogP contribution is 2.28. The fourth-order valence-corrected chi connectivity index (χ4v) is 2.06. The van der Waals surface area contributed by atoms with Gasteiger partial charge in [-0.1, -0.05) is 12.7 Å². The zero-order chi connectivity index (χ0) is 11.4. The van der Waals surface area contributed by atoms with E-state index in [0.717, 1.165) is 12.8 Å². The van der Waals surface area contributed by atoms with Crippen LogP contribution in [0.25, 0.3) is 0 Å². The monoisotopic (exact) mass is 203 g/mol. The van der Waals surface area contributed by atoms with Crippen LogP contribution in [0.15, 0.2) is 47.3 Å². The molecule has 0 fully saturated rings. The van der Waals surface area contributed by atoms with Gasteiger partial charge in [-0.2, -0.15) is 0 Å². The molecule has 0 aromatic rings. The first-order valence-corrected chi connectivity index (χ1v) is 5.50. The van der Waals surface area contributed by atoms with Crippen LogP contribution < -0.4 is 0 Å². The van der Waals surface area contributed by atoms with Gasteiger partial charge in [0.15, 0.2) is 0 Å². The first-order chi connectivity index (χ1) is 7.11. The third kappa shape index (κ3) is 2.41. The van der Waals surface area contributed by atoms with Crippen LogP contribution in [0.1, 0.15) is 33.6 Å². The number of likely N-dealkylation sites (N-methyl/N-ethyl adjacent to an activating group) is 1. The summed E-state index contributed by atoms with van der Waals surface area (Å²) in [7, 11) is 2.12. The third-order valence-corrected chi connectivity index (χ3v) is 2.99. The van der Waals surface area contributed by atoms with E-state index >= 15 is 0 Å². The van der Waals surface area contributed by atoms with Gasteiger partial charge in [0.05, 0.1) is 0 Å². The van der Waals surface area contributed by atoms with Gasteiger partial charge in [-0.15, -0.1) is 0 Å². The predicted octanol–water partition coefficient (Wildman–Crippen LogP) is 4.02. The van der Waals surface area contributed by atoms with Gasteiger partial charge in [0.1, 0.15) is 0 Å². The minimum absolute atomic E-state index is 1.14. The summed E-state index contributed by atoms with van der Waals surface area (Å²) in [6.07, 6.45) is 8.51. The number of nitrogens with zero attached hydrogens (tertiary/aromatic N) is 1. The lowest BCUT2D eigenvalue weighted by atomic mass is 10.1. The number of hydrogen-bond acceptors (Lipinski definition) is 1. The van der Waals surface area contributed by atoms with Crippen molar-refractivity contribution in [1.82, 2.24) is 4.90 Å². The Labute approximate surface area is 93.5 Å². The van der Waals surface area contributed by atoms with Crippen molar-refractivity contribution in [3.63, 3.8) is 0 Å². The normalized spacial score (nSPS) is 18.8. The molecule has 82 valence electrons. The molecule has 0 saturated heterocycles. The Morgan fingerprint density at radius 3 is 2.13 bits per heavy atom. The molecule has 0 radical (unpaired) electrons. The van der Waals surface area contributed by atoms with E-state index in [1.54, 1.807) is 0 Å². The Morgan fingerprint density at radius 2 is 1.67 bits per heavy atom. The average Bonchev–Trinajstić information content (AvgIpc) is 2.31. The van der Waals surface area contributed by atoms with Crippen molar-refractivity contribution in [2.24, 2.45) is 0 Å². The van der Waals surface area contributed by atoms with Crippen molar-refractivity contribution in [3.05, 3.63) is 47.3 Å². The molecule has 0 aromatic carbocycles. The quantitative estimate of drug-likeness (QED) is 0.655. The van der Waals surface area contributed by atoms with E-state index in [1.165, 1.54) is 22.5 Å². The minimum Gasteiger partial charge on any atom is -0.345 e. The van der Waals surface area contributed by atoms with Crippen LogP contribution >= 0.6 is 0 Å². The van der Waals surface area contributed by atoms with Crippen LogP contribution in [-0.4, -0.2) is 11.9 Å². The van der Waals surface area contributed by atoms with Gasteiger partial charge in [0.25, 0.3) is 0 Å². The Bertz CT molecular complexity index is 342. The standard InChI is InChI=1S/C14H21N/c1-6-8-14-12(4)10-9-11(3)13(7-2)15(14)5/h6-8H,2,9-10H2,1,3-5H3/b8-6-. The molecular weight excluding hydrogens is 182 g/mol. The second-order valence-electron chi connectivity index (χ2n) is 4.09. The Kier molecular flexibility index (Phi) is 3.96. The summed E-state index contributed by atoms with van der Waals surface area (Å²) in [4.78, 5) is 2.24. The van der Waals surface area contributed by atoms with Crippen molar-refractivity contribution in [2.75, 3.05) is 7.05 Å². The number of allylic oxidation sites excluding steroid dienone is 5. The number of hydrogen-bond donors (Lipinski definition) is 0. The fourth-order valence-electron chi connectivity index (χ4n) is 2.06. The highest BCUT2D eigenvalue weighted by Gasteiger charge is 2.14. The van der Waals surface area contributed by atoms with Gasteiger partial charge < -0.3 is 4.90 Å². The van der Waals surface area contributed by atoms with Gasteiger partial charge in [0.2, 0.25) is 0 Å². The van der Waals surface area contributed by atoms with Gasteiger partial charge in [0, 0.05) is 18.4 Å². The molecule has 0 aromatic heterocycles. The van der Waals surface area contributed by atoms with Crippen molar-refractivity contribution in [3.8, 4) is 0 Å². The number of rotatable bonds is 2. The largest absolute Gasteiger partial charge is 0.345 e. The lowest BCUT2D eigenvalue weighted by Gasteiger charge is -2.23. The lowest BCUT2D eigenvalue weighted by Crippen LogP contribution is -2.15. The molecule has 0 bridgehead atoms. The lowest BCUT2D eigenvalue weighted by molar-refractivity contribution is 0.545. The summed E-state index contributed by atoms with van der Waals surface area (Å²) < 4.78 is 0. The van der Waals surface area contributed by atoms with Crippen LogP contribution in [0.3, 0.4) is 0 Å². The van der Waals surface area contributed by atoms with Crippen LogP contribution in [0.2, 0.25) is 0 Å². The highest BCUT2D eigenvalue weighted by molar-refractivity contribution is 5.35. The molecule has 1 heteroatoms. The van der Waals surface area contributed by atoms with Gasteiger partial charge >= 0.3 is 0 Å². The average molecular weight is 203 g/mol. The van der Waals surface area contributed by atoms with Crippen LogP contribution in [0.5, 0.6) is 0 Å². The van der Waals surface area contributed by atoms with Gasteiger partial charge in [-0.3, -0.25) is 0 Å². The van der Waals surface area contributed by atoms with Gasteiger partial charge in [-0.05, 0) is 56.9 Å². The maximum atomic E-state index is 3.90. The van der Waals surface area contributed by atoms with Crippen LogP contribution in [0, 0.1) is 0 Å². The molecule has 15 heavy (non-hydrogen) atoms. The van der Waals surface area contributed by atoms with Crippen LogP contribution in [-0.2, 0) is 0 Å². The molecule has 1 nitrogen and oxygen atoms in total. The molecule has 0 atom stereocenters. The van der Waals surface area contributed by atoms with E-state index < -0.39 is 0 Å².